The Morgan fingerprint density at radius 2 is 1.93 bits per heavy atom. The van der Waals surface area contributed by atoms with Crippen LogP contribution in [0.4, 0.5) is 0 Å². The highest BCUT2D eigenvalue weighted by molar-refractivity contribution is 6.52. The lowest BCUT2D eigenvalue weighted by Gasteiger charge is -2.13. The molecule has 2 nitrogen and oxygen atoms in total. The number of unbranched alkanes of at least 4 members (excludes halogenated alkanes) is 3. The summed E-state index contributed by atoms with van der Waals surface area (Å²) < 4.78 is 4.99. The number of alkyl halides is 2. The summed E-state index contributed by atoms with van der Waals surface area (Å²) in [4.78, 5) is 9.89. The van der Waals surface area contributed by atoms with Gasteiger partial charge in [0.25, 0.3) is 0 Å². The molecule has 0 aliphatic carbocycles. The quantitative estimate of drug-likeness (QED) is 0.386. The first-order chi connectivity index (χ1) is 6.57. The molecule has 4 heteroatoms. The summed E-state index contributed by atoms with van der Waals surface area (Å²) in [6.45, 7) is 4.02. The van der Waals surface area contributed by atoms with Crippen LogP contribution in [0.3, 0.4) is 0 Å². The molecule has 0 aliphatic rings. The molecule has 0 fully saturated rings. The number of hydrogen-bond acceptors (Lipinski definition) is 2. The SMILES string of the molecule is CCCCCCC(C)OC(=O)C(Cl)Cl. The van der Waals surface area contributed by atoms with Crippen molar-refractivity contribution in [3.63, 3.8) is 0 Å². The normalized spacial score (nSPS) is 12.9. The highest BCUT2D eigenvalue weighted by atomic mass is 35.5. The van der Waals surface area contributed by atoms with E-state index in [9.17, 15) is 4.79 Å². The van der Waals surface area contributed by atoms with Crippen LogP contribution in [0.1, 0.15) is 46.0 Å². The van der Waals surface area contributed by atoms with E-state index in [1.54, 1.807) is 0 Å². The van der Waals surface area contributed by atoms with Gasteiger partial charge in [0, 0.05) is 0 Å². The fourth-order valence-electron chi connectivity index (χ4n) is 1.17. The molecular formula is C10H18Cl2O2. The molecule has 0 aromatic carbocycles. The number of carbonyl (C=O) groups is 1. The van der Waals surface area contributed by atoms with Crippen LogP contribution in [0.2, 0.25) is 0 Å². The van der Waals surface area contributed by atoms with E-state index in [4.69, 9.17) is 27.9 Å². The standard InChI is InChI=1S/C10H18Cl2O2/c1-3-4-5-6-7-8(2)14-10(13)9(11)12/h8-9H,3-7H2,1-2H3. The smallest absolute Gasteiger partial charge is 0.339 e. The maximum absolute atomic E-state index is 11.0. The largest absolute Gasteiger partial charge is 0.461 e. The van der Waals surface area contributed by atoms with E-state index in [2.05, 4.69) is 6.92 Å². The number of esters is 1. The van der Waals surface area contributed by atoms with E-state index < -0.39 is 10.8 Å². The minimum atomic E-state index is -1.06. The van der Waals surface area contributed by atoms with Crippen LogP contribution in [0.15, 0.2) is 0 Å². The second-order valence-corrected chi connectivity index (χ2v) is 4.49. The van der Waals surface area contributed by atoms with E-state index in [1.165, 1.54) is 19.3 Å². The molecule has 0 aliphatic heterocycles. The zero-order chi connectivity index (χ0) is 11.0. The minimum Gasteiger partial charge on any atom is -0.461 e. The molecular weight excluding hydrogens is 223 g/mol. The molecule has 0 saturated heterocycles. The highest BCUT2D eigenvalue weighted by Crippen LogP contribution is 2.11. The molecule has 0 saturated carbocycles. The van der Waals surface area contributed by atoms with Crippen molar-refractivity contribution in [3.8, 4) is 0 Å². The Kier molecular flexibility index (Phi) is 8.40. The molecule has 1 atom stereocenters. The lowest BCUT2D eigenvalue weighted by Crippen LogP contribution is -2.19. The van der Waals surface area contributed by atoms with Crippen molar-refractivity contribution < 1.29 is 9.53 Å². The molecule has 0 bridgehead atoms. The maximum Gasteiger partial charge on any atom is 0.339 e. The van der Waals surface area contributed by atoms with Crippen LogP contribution in [-0.2, 0) is 9.53 Å². The van der Waals surface area contributed by atoms with Gasteiger partial charge in [-0.05, 0) is 19.8 Å². The second-order valence-electron chi connectivity index (χ2n) is 3.40. The van der Waals surface area contributed by atoms with E-state index in [0.717, 1.165) is 12.8 Å². The van der Waals surface area contributed by atoms with Crippen molar-refractivity contribution in [2.24, 2.45) is 0 Å². The van der Waals surface area contributed by atoms with Crippen molar-refractivity contribution in [2.75, 3.05) is 0 Å². The van der Waals surface area contributed by atoms with Gasteiger partial charge in [-0.2, -0.15) is 0 Å². The van der Waals surface area contributed by atoms with E-state index in [0.29, 0.717) is 0 Å². The highest BCUT2D eigenvalue weighted by Gasteiger charge is 2.15. The monoisotopic (exact) mass is 240 g/mol. The predicted octanol–water partition coefficient (Wildman–Crippen LogP) is 3.69. The molecule has 0 rings (SSSR count). The van der Waals surface area contributed by atoms with Gasteiger partial charge < -0.3 is 4.74 Å². The molecule has 0 amide bonds. The summed E-state index contributed by atoms with van der Waals surface area (Å²) in [5, 5.41) is 0. The fraction of sp³-hybridized carbons (Fsp3) is 0.900. The van der Waals surface area contributed by atoms with Gasteiger partial charge in [-0.3, -0.25) is 0 Å². The number of halogens is 2. The van der Waals surface area contributed by atoms with E-state index in [1.807, 2.05) is 6.92 Å². The van der Waals surface area contributed by atoms with Crippen LogP contribution in [0, 0.1) is 0 Å². The zero-order valence-electron chi connectivity index (χ0n) is 8.76. The first-order valence-corrected chi connectivity index (χ1v) is 5.93. The molecule has 0 N–H and O–H groups in total. The Bertz CT molecular complexity index is 160. The van der Waals surface area contributed by atoms with Crippen LogP contribution >= 0.6 is 23.2 Å². The average molecular weight is 241 g/mol. The van der Waals surface area contributed by atoms with Crippen LogP contribution in [0.25, 0.3) is 0 Å². The third-order valence-electron chi connectivity index (χ3n) is 1.96. The Morgan fingerprint density at radius 3 is 2.43 bits per heavy atom. The Labute approximate surface area is 95.9 Å². The number of carbonyl (C=O) groups excluding carboxylic acids is 1. The third kappa shape index (κ3) is 7.45. The van der Waals surface area contributed by atoms with Crippen LogP contribution < -0.4 is 0 Å². The Hall–Kier alpha value is 0.0500. The Balaban J connectivity index is 3.45. The third-order valence-corrected chi connectivity index (χ3v) is 2.32. The first kappa shape index (κ1) is 14.1. The molecule has 84 valence electrons. The second kappa shape index (κ2) is 8.37. The summed E-state index contributed by atoms with van der Waals surface area (Å²) in [7, 11) is 0. The summed E-state index contributed by atoms with van der Waals surface area (Å²) in [6, 6.07) is 0. The van der Waals surface area contributed by atoms with Crippen molar-refractivity contribution in [3.05, 3.63) is 0 Å². The summed E-state index contributed by atoms with van der Waals surface area (Å²) in [5.74, 6) is -0.545. The van der Waals surface area contributed by atoms with Gasteiger partial charge in [0.15, 0.2) is 0 Å². The lowest BCUT2D eigenvalue weighted by molar-refractivity contribution is -0.146. The van der Waals surface area contributed by atoms with Gasteiger partial charge in [0.2, 0.25) is 4.84 Å². The first-order valence-electron chi connectivity index (χ1n) is 5.06. The minimum absolute atomic E-state index is 0.0839. The number of ether oxygens (including phenoxy) is 1. The van der Waals surface area contributed by atoms with Crippen LogP contribution in [-0.4, -0.2) is 16.9 Å². The number of rotatable bonds is 7. The van der Waals surface area contributed by atoms with Gasteiger partial charge in [-0.15, -0.1) is 0 Å². The number of hydrogen-bond donors (Lipinski definition) is 0. The van der Waals surface area contributed by atoms with Gasteiger partial charge in [-0.1, -0.05) is 49.4 Å². The zero-order valence-corrected chi connectivity index (χ0v) is 10.3. The molecule has 0 radical (unpaired) electrons. The van der Waals surface area contributed by atoms with E-state index in [-0.39, 0.29) is 6.10 Å². The Morgan fingerprint density at radius 1 is 1.29 bits per heavy atom. The molecule has 0 aromatic rings. The summed E-state index contributed by atoms with van der Waals surface area (Å²) >= 11 is 10.7. The molecule has 0 aromatic heterocycles. The van der Waals surface area contributed by atoms with Crippen molar-refractivity contribution >= 4 is 29.2 Å². The predicted molar refractivity (Wildman–Crippen MR) is 59.8 cm³/mol. The van der Waals surface area contributed by atoms with Gasteiger partial charge in [0.1, 0.15) is 0 Å². The fourth-order valence-corrected chi connectivity index (χ4v) is 1.27. The summed E-state index contributed by atoms with van der Waals surface area (Å²) in [5.41, 5.74) is 0. The van der Waals surface area contributed by atoms with Gasteiger partial charge >= 0.3 is 5.97 Å². The average Bonchev–Trinajstić information content (AvgIpc) is 2.12. The molecule has 1 unspecified atom stereocenters. The molecule has 0 heterocycles. The van der Waals surface area contributed by atoms with Gasteiger partial charge in [0.05, 0.1) is 6.10 Å². The lowest BCUT2D eigenvalue weighted by atomic mass is 10.1. The van der Waals surface area contributed by atoms with Crippen LogP contribution in [0.5, 0.6) is 0 Å². The van der Waals surface area contributed by atoms with Gasteiger partial charge in [-0.25, -0.2) is 4.79 Å². The molecule has 0 spiro atoms. The molecule has 14 heavy (non-hydrogen) atoms. The summed E-state index contributed by atoms with van der Waals surface area (Å²) in [6.07, 6.45) is 5.50. The topological polar surface area (TPSA) is 26.3 Å². The van der Waals surface area contributed by atoms with E-state index >= 15 is 0 Å². The van der Waals surface area contributed by atoms with Crippen molar-refractivity contribution in [1.29, 1.82) is 0 Å². The maximum atomic E-state index is 11.0. The van der Waals surface area contributed by atoms with Crippen molar-refractivity contribution in [1.82, 2.24) is 0 Å². The van der Waals surface area contributed by atoms with Crippen molar-refractivity contribution in [2.45, 2.75) is 56.9 Å².